The van der Waals surface area contributed by atoms with Crippen molar-refractivity contribution in [1.82, 2.24) is 15.0 Å². The molecule has 1 heterocycles. The van der Waals surface area contributed by atoms with Crippen LogP contribution in [0.25, 0.3) is 0 Å². The van der Waals surface area contributed by atoms with Gasteiger partial charge < -0.3 is 5.11 Å². The first-order valence-corrected chi connectivity index (χ1v) is 7.86. The zero-order valence-electron chi connectivity index (χ0n) is 12.5. The molecule has 1 aromatic heterocycles. The van der Waals surface area contributed by atoms with Crippen LogP contribution in [0.1, 0.15) is 83.4 Å². The van der Waals surface area contributed by atoms with Gasteiger partial charge in [-0.2, -0.15) is 0 Å². The lowest BCUT2D eigenvalue weighted by molar-refractivity contribution is 0.168. The molecule has 0 bridgehead atoms. The summed E-state index contributed by atoms with van der Waals surface area (Å²) in [5, 5.41) is 17.7. The number of hydrogen-bond acceptors (Lipinski definition) is 3. The molecule has 1 N–H and O–H groups in total. The molecule has 1 unspecified atom stereocenters. The third-order valence-electron chi connectivity index (χ3n) is 3.53. The standard InChI is InChI=1S/C15H29N3O/c1-3-5-6-7-8-9-10-11-12-18-13-14(16-17-18)15(19)4-2/h13,15,19H,3-12H2,1-2H3. The van der Waals surface area contributed by atoms with Crippen molar-refractivity contribution in [2.45, 2.75) is 84.3 Å². The number of aliphatic hydroxyl groups excluding tert-OH is 1. The second-order valence-corrected chi connectivity index (χ2v) is 5.31. The Kier molecular flexibility index (Phi) is 8.47. The van der Waals surface area contributed by atoms with Crippen LogP contribution in [0, 0.1) is 0 Å². The molecule has 0 saturated carbocycles. The van der Waals surface area contributed by atoms with Gasteiger partial charge in [-0.25, -0.2) is 0 Å². The van der Waals surface area contributed by atoms with E-state index < -0.39 is 6.10 Å². The van der Waals surface area contributed by atoms with Crippen molar-refractivity contribution >= 4 is 0 Å². The largest absolute Gasteiger partial charge is 0.387 e. The quantitative estimate of drug-likeness (QED) is 0.619. The average Bonchev–Trinajstić information content (AvgIpc) is 2.89. The highest BCUT2D eigenvalue weighted by atomic mass is 16.3. The van der Waals surface area contributed by atoms with Crippen molar-refractivity contribution in [3.8, 4) is 0 Å². The third-order valence-corrected chi connectivity index (χ3v) is 3.53. The number of rotatable bonds is 11. The van der Waals surface area contributed by atoms with Gasteiger partial charge in [0.2, 0.25) is 0 Å². The van der Waals surface area contributed by atoms with Gasteiger partial charge in [0.1, 0.15) is 5.69 Å². The van der Waals surface area contributed by atoms with Gasteiger partial charge in [0.15, 0.2) is 0 Å². The van der Waals surface area contributed by atoms with Crippen LogP contribution >= 0.6 is 0 Å². The SMILES string of the molecule is CCCCCCCCCCn1cc(C(O)CC)nn1. The smallest absolute Gasteiger partial charge is 0.111 e. The molecule has 0 fully saturated rings. The van der Waals surface area contributed by atoms with E-state index in [4.69, 9.17) is 0 Å². The average molecular weight is 267 g/mol. The molecule has 110 valence electrons. The van der Waals surface area contributed by atoms with Crippen LogP contribution in [0.4, 0.5) is 0 Å². The van der Waals surface area contributed by atoms with Gasteiger partial charge >= 0.3 is 0 Å². The molecule has 0 aliphatic heterocycles. The molecule has 0 spiro atoms. The molecular weight excluding hydrogens is 238 g/mol. The first kappa shape index (κ1) is 16.2. The van der Waals surface area contributed by atoms with Crippen molar-refractivity contribution in [1.29, 1.82) is 0 Å². The first-order valence-electron chi connectivity index (χ1n) is 7.86. The minimum atomic E-state index is -0.465. The Hall–Kier alpha value is -0.900. The van der Waals surface area contributed by atoms with Crippen molar-refractivity contribution in [2.75, 3.05) is 0 Å². The number of hydrogen-bond donors (Lipinski definition) is 1. The number of aryl methyl sites for hydroxylation is 1. The lowest BCUT2D eigenvalue weighted by Crippen LogP contribution is -1.99. The summed E-state index contributed by atoms with van der Waals surface area (Å²) in [6.45, 7) is 5.11. The summed E-state index contributed by atoms with van der Waals surface area (Å²) in [5.41, 5.74) is 0.696. The summed E-state index contributed by atoms with van der Waals surface area (Å²) in [6.07, 6.45) is 12.6. The van der Waals surface area contributed by atoms with Crippen LogP contribution in [0.2, 0.25) is 0 Å². The van der Waals surface area contributed by atoms with E-state index in [0.29, 0.717) is 12.1 Å². The maximum absolute atomic E-state index is 9.64. The fourth-order valence-electron chi connectivity index (χ4n) is 2.19. The maximum atomic E-state index is 9.64. The molecule has 0 aromatic carbocycles. The molecule has 0 radical (unpaired) electrons. The molecule has 19 heavy (non-hydrogen) atoms. The van der Waals surface area contributed by atoms with Gasteiger partial charge in [-0.3, -0.25) is 4.68 Å². The van der Waals surface area contributed by atoms with E-state index in [2.05, 4.69) is 17.2 Å². The van der Waals surface area contributed by atoms with Gasteiger partial charge in [0.05, 0.1) is 12.3 Å². The van der Waals surface area contributed by atoms with Crippen LogP contribution in [0.15, 0.2) is 6.20 Å². The van der Waals surface area contributed by atoms with Gasteiger partial charge in [-0.05, 0) is 12.8 Å². The molecule has 1 aromatic rings. The summed E-state index contributed by atoms with van der Waals surface area (Å²) >= 11 is 0. The molecule has 0 aliphatic carbocycles. The Labute approximate surface area is 117 Å². The fraction of sp³-hybridized carbons (Fsp3) is 0.867. The Bertz CT molecular complexity index is 325. The van der Waals surface area contributed by atoms with Crippen LogP contribution in [0.3, 0.4) is 0 Å². The molecule has 0 saturated heterocycles. The van der Waals surface area contributed by atoms with E-state index in [9.17, 15) is 5.11 Å². The molecule has 4 heteroatoms. The Morgan fingerprint density at radius 1 is 1.05 bits per heavy atom. The van der Waals surface area contributed by atoms with E-state index >= 15 is 0 Å². The number of unbranched alkanes of at least 4 members (excludes halogenated alkanes) is 7. The van der Waals surface area contributed by atoms with E-state index in [0.717, 1.165) is 13.0 Å². The van der Waals surface area contributed by atoms with Crippen molar-refractivity contribution in [3.63, 3.8) is 0 Å². The molecule has 1 rings (SSSR count). The van der Waals surface area contributed by atoms with Gasteiger partial charge in [-0.1, -0.05) is 64.0 Å². The van der Waals surface area contributed by atoms with Gasteiger partial charge in [0.25, 0.3) is 0 Å². The van der Waals surface area contributed by atoms with Crippen molar-refractivity contribution in [3.05, 3.63) is 11.9 Å². The van der Waals surface area contributed by atoms with Gasteiger partial charge in [-0.15, -0.1) is 5.10 Å². The Balaban J connectivity index is 2.04. The zero-order valence-corrected chi connectivity index (χ0v) is 12.5. The third kappa shape index (κ3) is 6.71. The summed E-state index contributed by atoms with van der Waals surface area (Å²) in [6, 6.07) is 0. The van der Waals surface area contributed by atoms with Gasteiger partial charge in [0, 0.05) is 6.54 Å². The van der Waals surface area contributed by atoms with Crippen LogP contribution in [0.5, 0.6) is 0 Å². The summed E-state index contributed by atoms with van der Waals surface area (Å²) in [7, 11) is 0. The highest BCUT2D eigenvalue weighted by Gasteiger charge is 2.08. The second kappa shape index (κ2) is 9.96. The Morgan fingerprint density at radius 3 is 2.32 bits per heavy atom. The molecule has 4 nitrogen and oxygen atoms in total. The zero-order chi connectivity index (χ0) is 13.9. The topological polar surface area (TPSA) is 50.9 Å². The highest BCUT2D eigenvalue weighted by Crippen LogP contribution is 2.13. The summed E-state index contributed by atoms with van der Waals surface area (Å²) in [5.74, 6) is 0. The Morgan fingerprint density at radius 2 is 1.68 bits per heavy atom. The fourth-order valence-corrected chi connectivity index (χ4v) is 2.19. The number of nitrogens with zero attached hydrogens (tertiary/aromatic N) is 3. The van der Waals surface area contributed by atoms with Crippen LogP contribution < -0.4 is 0 Å². The maximum Gasteiger partial charge on any atom is 0.111 e. The normalized spacial score (nSPS) is 12.8. The van der Waals surface area contributed by atoms with E-state index in [1.807, 2.05) is 17.8 Å². The lowest BCUT2D eigenvalue weighted by Gasteiger charge is -2.02. The minimum absolute atomic E-state index is 0.465. The molecule has 0 aliphatic rings. The van der Waals surface area contributed by atoms with Crippen LogP contribution in [-0.4, -0.2) is 20.1 Å². The second-order valence-electron chi connectivity index (χ2n) is 5.31. The van der Waals surface area contributed by atoms with E-state index in [1.54, 1.807) is 0 Å². The van der Waals surface area contributed by atoms with Crippen molar-refractivity contribution in [2.24, 2.45) is 0 Å². The predicted octanol–water partition coefficient (Wildman–Crippen LogP) is 3.86. The summed E-state index contributed by atoms with van der Waals surface area (Å²) in [4.78, 5) is 0. The molecule has 1 atom stereocenters. The monoisotopic (exact) mass is 267 g/mol. The minimum Gasteiger partial charge on any atom is -0.387 e. The van der Waals surface area contributed by atoms with E-state index in [1.165, 1.54) is 44.9 Å². The number of aliphatic hydroxyl groups is 1. The highest BCUT2D eigenvalue weighted by molar-refractivity contribution is 4.96. The molecule has 0 amide bonds. The molecular formula is C15H29N3O. The number of aromatic nitrogens is 3. The summed E-state index contributed by atoms with van der Waals surface area (Å²) < 4.78 is 1.85. The lowest BCUT2D eigenvalue weighted by atomic mass is 10.1. The first-order chi connectivity index (χ1) is 9.27. The van der Waals surface area contributed by atoms with E-state index in [-0.39, 0.29) is 0 Å². The van der Waals surface area contributed by atoms with Crippen LogP contribution in [-0.2, 0) is 6.54 Å². The predicted molar refractivity (Wildman–Crippen MR) is 77.9 cm³/mol. The van der Waals surface area contributed by atoms with Crippen molar-refractivity contribution < 1.29 is 5.11 Å².